The van der Waals surface area contributed by atoms with E-state index in [1.54, 1.807) is 17.4 Å². The van der Waals surface area contributed by atoms with Crippen LogP contribution in [0.25, 0.3) is 0 Å². The number of furan rings is 1. The van der Waals surface area contributed by atoms with Crippen LogP contribution in [-0.4, -0.2) is 37.0 Å². The van der Waals surface area contributed by atoms with Gasteiger partial charge >= 0.3 is 5.97 Å². The van der Waals surface area contributed by atoms with E-state index in [2.05, 4.69) is 10.6 Å². The summed E-state index contributed by atoms with van der Waals surface area (Å²) in [4.78, 5) is 38.0. The molecule has 2 heterocycles. The third-order valence-corrected chi connectivity index (χ3v) is 5.17. The lowest BCUT2D eigenvalue weighted by Crippen LogP contribution is -2.44. The second-order valence-corrected chi connectivity index (χ2v) is 7.51. The van der Waals surface area contributed by atoms with Gasteiger partial charge in [0.15, 0.2) is 12.4 Å². The normalized spacial score (nSPS) is 11.5. The molecule has 0 aliphatic carbocycles. The summed E-state index contributed by atoms with van der Waals surface area (Å²) in [6.07, 6.45) is 2.32. The molecule has 0 saturated heterocycles. The number of nitrogens with one attached hydrogen (secondary N) is 2. The first-order valence-electron chi connectivity index (χ1n) is 9.46. The van der Waals surface area contributed by atoms with Crippen molar-refractivity contribution in [2.45, 2.75) is 18.9 Å². The van der Waals surface area contributed by atoms with E-state index < -0.39 is 30.4 Å². The Morgan fingerprint density at radius 2 is 1.87 bits per heavy atom. The summed E-state index contributed by atoms with van der Waals surface area (Å²) in [5.41, 5.74) is 0.847. The molecule has 3 aromatic rings. The van der Waals surface area contributed by atoms with E-state index in [1.807, 2.05) is 47.8 Å². The Morgan fingerprint density at radius 1 is 1.03 bits per heavy atom. The Hall–Kier alpha value is -3.39. The van der Waals surface area contributed by atoms with Crippen molar-refractivity contribution in [3.05, 3.63) is 82.4 Å². The lowest BCUT2D eigenvalue weighted by Gasteiger charge is -2.17. The summed E-state index contributed by atoms with van der Waals surface area (Å²) in [6, 6.07) is 15.3. The number of thiophene rings is 1. The van der Waals surface area contributed by atoms with Gasteiger partial charge in [0.1, 0.15) is 6.04 Å². The van der Waals surface area contributed by atoms with E-state index in [4.69, 9.17) is 9.15 Å². The molecule has 0 saturated carbocycles. The summed E-state index contributed by atoms with van der Waals surface area (Å²) in [6.45, 7) is 0.0464. The average Bonchev–Trinajstić information content (AvgIpc) is 3.46. The highest BCUT2D eigenvalue weighted by molar-refractivity contribution is 7.09. The fraction of sp³-hybridized carbons (Fsp3) is 0.227. The molecule has 156 valence electrons. The Labute approximate surface area is 178 Å². The number of amides is 2. The summed E-state index contributed by atoms with van der Waals surface area (Å²) in [5.74, 6) is -1.52. The van der Waals surface area contributed by atoms with Gasteiger partial charge in [-0.15, -0.1) is 11.3 Å². The van der Waals surface area contributed by atoms with Gasteiger partial charge in [-0.2, -0.15) is 0 Å². The van der Waals surface area contributed by atoms with Crippen molar-refractivity contribution in [1.82, 2.24) is 10.6 Å². The number of esters is 1. The lowest BCUT2D eigenvalue weighted by molar-refractivity contribution is -0.150. The molecule has 7 nitrogen and oxygen atoms in total. The van der Waals surface area contributed by atoms with Crippen molar-refractivity contribution < 1.29 is 23.5 Å². The minimum Gasteiger partial charge on any atom is -0.459 e. The van der Waals surface area contributed by atoms with Gasteiger partial charge in [0.2, 0.25) is 0 Å². The van der Waals surface area contributed by atoms with Gasteiger partial charge in [-0.1, -0.05) is 36.4 Å². The molecular weight excluding hydrogens is 404 g/mol. The zero-order valence-corrected chi connectivity index (χ0v) is 17.0. The summed E-state index contributed by atoms with van der Waals surface area (Å²) in [7, 11) is 0. The van der Waals surface area contributed by atoms with Crippen LogP contribution < -0.4 is 10.6 Å². The van der Waals surface area contributed by atoms with Crippen LogP contribution in [0.5, 0.6) is 0 Å². The molecule has 8 heteroatoms. The minimum atomic E-state index is -0.955. The third kappa shape index (κ3) is 6.59. The number of ether oxygens (including phenoxy) is 1. The first-order chi connectivity index (χ1) is 14.6. The van der Waals surface area contributed by atoms with E-state index in [0.717, 1.165) is 10.4 Å². The zero-order valence-electron chi connectivity index (χ0n) is 16.2. The molecule has 2 N–H and O–H groups in total. The highest BCUT2D eigenvalue weighted by atomic mass is 32.1. The van der Waals surface area contributed by atoms with Gasteiger partial charge in [0, 0.05) is 17.8 Å². The minimum absolute atomic E-state index is 0.0900. The van der Waals surface area contributed by atoms with Gasteiger partial charge in [-0.05, 0) is 35.6 Å². The first-order valence-corrected chi connectivity index (χ1v) is 10.3. The number of carbonyl (C=O) groups is 3. The fourth-order valence-electron chi connectivity index (χ4n) is 2.75. The van der Waals surface area contributed by atoms with Crippen LogP contribution in [0.4, 0.5) is 0 Å². The maximum atomic E-state index is 12.6. The fourth-order valence-corrected chi connectivity index (χ4v) is 3.46. The van der Waals surface area contributed by atoms with Crippen molar-refractivity contribution in [2.24, 2.45) is 0 Å². The zero-order chi connectivity index (χ0) is 21.2. The van der Waals surface area contributed by atoms with Crippen LogP contribution in [-0.2, 0) is 27.2 Å². The van der Waals surface area contributed by atoms with Crippen molar-refractivity contribution in [3.8, 4) is 0 Å². The first kappa shape index (κ1) is 21.3. The molecule has 0 aliphatic heterocycles. The van der Waals surface area contributed by atoms with Crippen LogP contribution in [0, 0.1) is 0 Å². The van der Waals surface area contributed by atoms with Gasteiger partial charge in [0.25, 0.3) is 11.8 Å². The topological polar surface area (TPSA) is 97.6 Å². The van der Waals surface area contributed by atoms with Crippen molar-refractivity contribution >= 4 is 29.1 Å². The maximum Gasteiger partial charge on any atom is 0.329 e. The predicted octanol–water partition coefficient (Wildman–Crippen LogP) is 2.58. The van der Waals surface area contributed by atoms with Gasteiger partial charge in [0.05, 0.1) is 6.26 Å². The molecule has 2 amide bonds. The van der Waals surface area contributed by atoms with Crippen LogP contribution in [0.15, 0.2) is 70.7 Å². The van der Waals surface area contributed by atoms with E-state index in [1.165, 1.54) is 12.3 Å². The quantitative estimate of drug-likeness (QED) is 0.486. The average molecular weight is 426 g/mol. The van der Waals surface area contributed by atoms with E-state index in [-0.39, 0.29) is 12.2 Å². The molecule has 1 unspecified atom stereocenters. The van der Waals surface area contributed by atoms with Gasteiger partial charge in [-0.3, -0.25) is 9.59 Å². The highest BCUT2D eigenvalue weighted by Gasteiger charge is 2.25. The van der Waals surface area contributed by atoms with Gasteiger partial charge < -0.3 is 19.8 Å². The van der Waals surface area contributed by atoms with Gasteiger partial charge in [-0.25, -0.2) is 4.79 Å². The Kier molecular flexibility index (Phi) is 7.79. The number of benzene rings is 1. The number of hydrogen-bond donors (Lipinski definition) is 2. The SMILES string of the molecule is O=C(COC(=O)C(Cc1ccccc1)NC(=O)c1ccco1)NCCc1cccs1. The number of carbonyl (C=O) groups excluding carboxylic acids is 3. The van der Waals surface area contributed by atoms with E-state index in [9.17, 15) is 14.4 Å². The molecule has 0 fully saturated rings. The predicted molar refractivity (Wildman–Crippen MR) is 112 cm³/mol. The maximum absolute atomic E-state index is 12.6. The Morgan fingerprint density at radius 3 is 2.57 bits per heavy atom. The number of hydrogen-bond acceptors (Lipinski definition) is 6. The molecule has 0 bridgehead atoms. The highest BCUT2D eigenvalue weighted by Crippen LogP contribution is 2.09. The summed E-state index contributed by atoms with van der Waals surface area (Å²) < 4.78 is 10.2. The largest absolute Gasteiger partial charge is 0.459 e. The standard InChI is InChI=1S/C22H22N2O5S/c25-20(23-11-10-17-8-5-13-30-17)15-29-22(27)18(14-16-6-2-1-3-7-16)24-21(26)19-9-4-12-28-19/h1-9,12-13,18H,10-11,14-15H2,(H,23,25)(H,24,26). The van der Waals surface area contributed by atoms with Crippen LogP contribution in [0.3, 0.4) is 0 Å². The van der Waals surface area contributed by atoms with Crippen molar-refractivity contribution in [1.29, 1.82) is 0 Å². The second kappa shape index (κ2) is 11.0. The molecule has 2 aromatic heterocycles. The molecule has 0 aliphatic rings. The van der Waals surface area contributed by atoms with E-state index >= 15 is 0 Å². The molecular formula is C22H22N2O5S. The van der Waals surface area contributed by atoms with Crippen LogP contribution in [0.2, 0.25) is 0 Å². The molecule has 0 spiro atoms. The Bertz CT molecular complexity index is 939. The van der Waals surface area contributed by atoms with Crippen LogP contribution in [0.1, 0.15) is 21.0 Å². The lowest BCUT2D eigenvalue weighted by atomic mass is 10.1. The molecule has 0 radical (unpaired) electrons. The monoisotopic (exact) mass is 426 g/mol. The molecule has 1 aromatic carbocycles. The van der Waals surface area contributed by atoms with Crippen LogP contribution >= 0.6 is 11.3 Å². The Balaban J connectivity index is 1.52. The molecule has 3 rings (SSSR count). The summed E-state index contributed by atoms with van der Waals surface area (Å²) in [5, 5.41) is 7.31. The van der Waals surface area contributed by atoms with E-state index in [0.29, 0.717) is 13.0 Å². The molecule has 30 heavy (non-hydrogen) atoms. The smallest absolute Gasteiger partial charge is 0.329 e. The second-order valence-electron chi connectivity index (χ2n) is 6.48. The number of rotatable bonds is 10. The molecule has 1 atom stereocenters. The third-order valence-electron chi connectivity index (χ3n) is 4.24. The van der Waals surface area contributed by atoms with Crippen molar-refractivity contribution in [3.63, 3.8) is 0 Å². The van der Waals surface area contributed by atoms with Crippen molar-refractivity contribution in [2.75, 3.05) is 13.2 Å². The summed E-state index contributed by atoms with van der Waals surface area (Å²) >= 11 is 1.62.